The zero-order chi connectivity index (χ0) is 51.4. The Morgan fingerprint density at radius 3 is 1.08 bits per heavy atom. The van der Waals surface area contributed by atoms with Crippen molar-refractivity contribution in [1.29, 1.82) is 0 Å². The van der Waals surface area contributed by atoms with Gasteiger partial charge in [-0.15, -0.1) is 0 Å². The van der Waals surface area contributed by atoms with E-state index in [4.69, 9.17) is 0 Å². The highest BCUT2D eigenvalue weighted by atomic mass is 15.1. The topological polar surface area (TPSA) is 3.24 Å². The summed E-state index contributed by atoms with van der Waals surface area (Å²) in [6.45, 7) is 32.0. The minimum absolute atomic E-state index is 0.0953. The van der Waals surface area contributed by atoms with Crippen molar-refractivity contribution in [3.63, 3.8) is 0 Å². The predicted octanol–water partition coefficient (Wildman–Crippen LogP) is 21.4. The van der Waals surface area contributed by atoms with Gasteiger partial charge in [-0.3, -0.25) is 0 Å². The molecule has 0 unspecified atom stereocenters. The number of hydrogen-bond donors (Lipinski definition) is 0. The van der Waals surface area contributed by atoms with Gasteiger partial charge in [-0.1, -0.05) is 175 Å². The summed E-state index contributed by atoms with van der Waals surface area (Å²) in [6.07, 6.45) is 15.9. The Hall–Kier alpha value is -4.88. The summed E-state index contributed by atoms with van der Waals surface area (Å²) in [5, 5.41) is 0. The van der Waals surface area contributed by atoms with E-state index in [-0.39, 0.29) is 10.8 Å². The van der Waals surface area contributed by atoms with Crippen LogP contribution in [-0.2, 0) is 10.8 Å². The van der Waals surface area contributed by atoms with Crippen molar-refractivity contribution >= 4 is 17.1 Å². The first-order chi connectivity index (χ1) is 34.6. The van der Waals surface area contributed by atoms with E-state index in [1.165, 1.54) is 144 Å². The summed E-state index contributed by atoms with van der Waals surface area (Å²) < 4.78 is 0. The molecule has 0 bridgehead atoms. The second-order valence-electron chi connectivity index (χ2n) is 28.5. The van der Waals surface area contributed by atoms with Crippen LogP contribution in [0.1, 0.15) is 224 Å². The van der Waals surface area contributed by atoms with Gasteiger partial charge in [0.05, 0.1) is 0 Å². The molecule has 0 aliphatic heterocycles. The van der Waals surface area contributed by atoms with Crippen molar-refractivity contribution in [3.05, 3.63) is 160 Å². The van der Waals surface area contributed by atoms with E-state index in [1.54, 1.807) is 22.3 Å². The van der Waals surface area contributed by atoms with E-state index >= 15 is 0 Å². The van der Waals surface area contributed by atoms with Gasteiger partial charge >= 0.3 is 0 Å². The molecule has 6 aromatic carbocycles. The van der Waals surface area contributed by atoms with Crippen LogP contribution >= 0.6 is 0 Å². The zero-order valence-corrected chi connectivity index (χ0v) is 47.4. The molecular weight excluding hydrogens is 879 g/mol. The highest BCUT2D eigenvalue weighted by Gasteiger charge is 2.40. The highest BCUT2D eigenvalue weighted by molar-refractivity contribution is 5.89. The molecular formula is C72H89N. The van der Waals surface area contributed by atoms with Crippen LogP contribution < -0.4 is 4.90 Å². The summed E-state index contributed by atoms with van der Waals surface area (Å²) in [4.78, 5) is 2.57. The van der Waals surface area contributed by atoms with Crippen LogP contribution in [-0.4, -0.2) is 0 Å². The van der Waals surface area contributed by atoms with Gasteiger partial charge in [0.1, 0.15) is 0 Å². The number of anilines is 3. The van der Waals surface area contributed by atoms with E-state index in [9.17, 15) is 0 Å². The van der Waals surface area contributed by atoms with E-state index in [0.717, 1.165) is 17.8 Å². The van der Waals surface area contributed by atoms with Crippen molar-refractivity contribution in [2.45, 2.75) is 196 Å². The molecule has 1 nitrogen and oxygen atoms in total. The van der Waals surface area contributed by atoms with Crippen LogP contribution in [0.5, 0.6) is 0 Å². The molecule has 0 spiro atoms. The van der Waals surface area contributed by atoms with Crippen molar-refractivity contribution in [3.8, 4) is 33.4 Å². The molecule has 0 radical (unpaired) electrons. The Balaban J connectivity index is 1.05. The highest BCUT2D eigenvalue weighted by Crippen LogP contribution is 2.56. The summed E-state index contributed by atoms with van der Waals surface area (Å²) in [5.41, 5.74) is 23.7. The molecule has 3 saturated carbocycles. The minimum atomic E-state index is -0.0953. The van der Waals surface area contributed by atoms with Crippen molar-refractivity contribution in [1.82, 2.24) is 0 Å². The second kappa shape index (κ2) is 18.4. The summed E-state index contributed by atoms with van der Waals surface area (Å²) in [7, 11) is 0. The van der Waals surface area contributed by atoms with E-state index in [2.05, 4.69) is 216 Å². The third-order valence-electron chi connectivity index (χ3n) is 20.5. The minimum Gasteiger partial charge on any atom is -0.310 e. The molecule has 0 amide bonds. The molecule has 11 rings (SSSR count). The van der Waals surface area contributed by atoms with Gasteiger partial charge in [-0.05, 0) is 238 Å². The molecule has 6 aromatic rings. The number of benzene rings is 6. The lowest BCUT2D eigenvalue weighted by atomic mass is 9.64. The number of fused-ring (bicyclic) bond motifs is 6. The maximum absolute atomic E-state index is 2.80. The molecule has 0 atom stereocenters. The van der Waals surface area contributed by atoms with Crippen molar-refractivity contribution < 1.29 is 0 Å². The van der Waals surface area contributed by atoms with Crippen LogP contribution in [0.25, 0.3) is 33.4 Å². The van der Waals surface area contributed by atoms with E-state index in [1.807, 2.05) is 0 Å². The monoisotopic (exact) mass is 968 g/mol. The van der Waals surface area contributed by atoms with Gasteiger partial charge in [0, 0.05) is 27.9 Å². The maximum atomic E-state index is 2.80. The van der Waals surface area contributed by atoms with Crippen LogP contribution in [0.3, 0.4) is 0 Å². The number of nitrogens with zero attached hydrogens (tertiary/aromatic N) is 1. The molecule has 3 fully saturated rings. The molecule has 73 heavy (non-hydrogen) atoms. The van der Waals surface area contributed by atoms with Gasteiger partial charge in [0.25, 0.3) is 0 Å². The average molecular weight is 969 g/mol. The Labute approximate surface area is 443 Å². The van der Waals surface area contributed by atoms with Crippen molar-refractivity contribution in [2.24, 2.45) is 34.0 Å². The molecule has 5 aliphatic rings. The summed E-state index contributed by atoms with van der Waals surface area (Å²) in [5.74, 6) is 4.25. The average Bonchev–Trinajstić information content (AvgIpc) is 3.74. The molecule has 0 heterocycles. The van der Waals surface area contributed by atoms with Crippen LogP contribution in [0.4, 0.5) is 17.1 Å². The fourth-order valence-electron chi connectivity index (χ4n) is 15.6. The van der Waals surface area contributed by atoms with E-state index in [0.29, 0.717) is 34.0 Å². The molecule has 0 aromatic heterocycles. The third-order valence-corrected chi connectivity index (χ3v) is 20.5. The molecule has 1 heteroatoms. The van der Waals surface area contributed by atoms with Crippen LogP contribution in [0.2, 0.25) is 0 Å². The first-order valence-corrected chi connectivity index (χ1v) is 29.2. The smallest absolute Gasteiger partial charge is 0.0465 e. The van der Waals surface area contributed by atoms with E-state index < -0.39 is 0 Å². The van der Waals surface area contributed by atoms with Gasteiger partial charge < -0.3 is 4.90 Å². The second-order valence-corrected chi connectivity index (χ2v) is 28.5. The lowest BCUT2D eigenvalue weighted by Gasteiger charge is -2.40. The van der Waals surface area contributed by atoms with Gasteiger partial charge in [-0.2, -0.15) is 0 Å². The predicted molar refractivity (Wildman–Crippen MR) is 314 cm³/mol. The van der Waals surface area contributed by atoms with Gasteiger partial charge in [0.2, 0.25) is 0 Å². The maximum Gasteiger partial charge on any atom is 0.0465 e. The zero-order valence-electron chi connectivity index (χ0n) is 47.4. The van der Waals surface area contributed by atoms with Crippen LogP contribution in [0, 0.1) is 34.0 Å². The molecule has 0 saturated heterocycles. The first kappa shape index (κ1) is 50.3. The van der Waals surface area contributed by atoms with Gasteiger partial charge in [-0.25, -0.2) is 0 Å². The Morgan fingerprint density at radius 2 is 0.699 bits per heavy atom. The normalized spacial score (nSPS) is 24.3. The lowest BCUT2D eigenvalue weighted by molar-refractivity contribution is 0.167. The Kier molecular flexibility index (Phi) is 12.7. The quantitative estimate of drug-likeness (QED) is 0.154. The number of hydrogen-bond acceptors (Lipinski definition) is 1. The SMILES string of the molecule is CC1(C)c2ccccc2-c2ccc(N(c3ccc(-c4c(C5CCC(C(C)(C)C)CC5)cc(C5CCC(C(C)(C)C)CC5)cc4C4CCC(C(C)(C)C)CC4)cc3)c3ccc4c(c3)C(C)(C)c3ccccc3-4)cc21. The molecule has 0 N–H and O–H groups in total. The van der Waals surface area contributed by atoms with Crippen LogP contribution in [0.15, 0.2) is 121 Å². The first-order valence-electron chi connectivity index (χ1n) is 29.2. The fraction of sp³-hybridized carbons (Fsp3) is 0.500. The number of rotatable bonds is 7. The summed E-state index contributed by atoms with van der Waals surface area (Å²) >= 11 is 0. The Morgan fingerprint density at radius 1 is 0.356 bits per heavy atom. The fourth-order valence-corrected chi connectivity index (χ4v) is 15.6. The Bertz CT molecular complexity index is 2820. The lowest BCUT2D eigenvalue weighted by Crippen LogP contribution is -2.27. The molecule has 382 valence electrons. The largest absolute Gasteiger partial charge is 0.310 e. The third kappa shape index (κ3) is 9.07. The van der Waals surface area contributed by atoms with Crippen molar-refractivity contribution in [2.75, 3.05) is 4.90 Å². The standard InChI is InChI=1S/C72H89N/c1-68(2,3)51-30-22-46(23-31-51)50-42-61(47-24-32-52(33-25-47)69(4,5)6)67(62(43-50)48-26-34-53(35-27-48)70(7,8)9)49-28-36-54(37-29-49)73(55-38-40-59-57-18-14-16-20-63(57)71(10,11)65(59)44-55)56-39-41-60-58-19-15-17-21-64(58)72(12,13)66(60)45-56/h14-21,28-29,36-48,51-53H,22-27,30-35H2,1-13H3. The van der Waals surface area contributed by atoms with Gasteiger partial charge in [0.15, 0.2) is 0 Å². The summed E-state index contributed by atoms with van der Waals surface area (Å²) in [6, 6.07) is 48.4. The molecule has 5 aliphatic carbocycles.